The molecule has 0 atom stereocenters. The van der Waals surface area contributed by atoms with Gasteiger partial charge in [-0.3, -0.25) is 9.98 Å². The smallest absolute Gasteiger partial charge is 0.308 e. The SMILES string of the molecule is O=C(Nc1cccc(N=Cc2ccc3ccccc3n2)c1)Nc1cccc(N=Cc2ccc3ccccc3n2)c1. The van der Waals surface area contributed by atoms with E-state index in [4.69, 9.17) is 0 Å². The van der Waals surface area contributed by atoms with Gasteiger partial charge in [0.05, 0.1) is 46.2 Å². The molecular formula is C33H24N6O. The zero-order valence-electron chi connectivity index (χ0n) is 21.4. The quantitative estimate of drug-likeness (QED) is 0.218. The van der Waals surface area contributed by atoms with Crippen LogP contribution in [0.4, 0.5) is 27.5 Å². The number of fused-ring (bicyclic) bond motifs is 2. The average molecular weight is 521 g/mol. The van der Waals surface area contributed by atoms with E-state index < -0.39 is 0 Å². The number of anilines is 2. The summed E-state index contributed by atoms with van der Waals surface area (Å²) >= 11 is 0. The number of urea groups is 1. The number of carbonyl (C=O) groups is 1. The molecule has 192 valence electrons. The second-order valence-electron chi connectivity index (χ2n) is 9.05. The first-order valence-electron chi connectivity index (χ1n) is 12.8. The zero-order valence-corrected chi connectivity index (χ0v) is 21.4. The second-order valence-corrected chi connectivity index (χ2v) is 9.05. The van der Waals surface area contributed by atoms with Gasteiger partial charge in [-0.05, 0) is 60.7 Å². The number of nitrogens with one attached hydrogen (secondary N) is 2. The molecule has 2 heterocycles. The number of aliphatic imine (C=N–C) groups is 2. The van der Waals surface area contributed by atoms with Crippen LogP contribution < -0.4 is 10.6 Å². The molecular weight excluding hydrogens is 496 g/mol. The van der Waals surface area contributed by atoms with Crippen LogP contribution in [-0.2, 0) is 0 Å². The summed E-state index contributed by atoms with van der Waals surface area (Å²) in [5.74, 6) is 0. The van der Waals surface area contributed by atoms with Gasteiger partial charge in [0.1, 0.15) is 0 Å². The largest absolute Gasteiger partial charge is 0.323 e. The van der Waals surface area contributed by atoms with Crippen molar-refractivity contribution in [2.24, 2.45) is 9.98 Å². The summed E-state index contributed by atoms with van der Waals surface area (Å²) in [7, 11) is 0. The highest BCUT2D eigenvalue weighted by Crippen LogP contribution is 2.21. The van der Waals surface area contributed by atoms with Crippen molar-refractivity contribution < 1.29 is 4.79 Å². The minimum Gasteiger partial charge on any atom is -0.308 e. The summed E-state index contributed by atoms with van der Waals surface area (Å²) in [6.07, 6.45) is 3.43. The van der Waals surface area contributed by atoms with Gasteiger partial charge in [-0.15, -0.1) is 0 Å². The molecule has 0 aliphatic carbocycles. The van der Waals surface area contributed by atoms with E-state index in [1.807, 2.05) is 109 Å². The van der Waals surface area contributed by atoms with E-state index in [1.165, 1.54) is 0 Å². The lowest BCUT2D eigenvalue weighted by Gasteiger charge is -2.08. The number of nitrogens with zero attached hydrogens (tertiary/aromatic N) is 4. The molecule has 7 nitrogen and oxygen atoms in total. The topological polar surface area (TPSA) is 91.6 Å². The number of amides is 2. The van der Waals surface area contributed by atoms with E-state index in [-0.39, 0.29) is 6.03 Å². The Balaban J connectivity index is 1.09. The van der Waals surface area contributed by atoms with Gasteiger partial charge in [-0.1, -0.05) is 60.7 Å². The highest BCUT2D eigenvalue weighted by atomic mass is 16.2. The summed E-state index contributed by atoms with van der Waals surface area (Å²) in [6.45, 7) is 0. The van der Waals surface area contributed by atoms with Crippen molar-refractivity contribution in [2.75, 3.05) is 10.6 Å². The van der Waals surface area contributed by atoms with Gasteiger partial charge in [-0.25, -0.2) is 14.8 Å². The molecule has 0 aliphatic heterocycles. The average Bonchev–Trinajstić information content (AvgIpc) is 2.99. The van der Waals surface area contributed by atoms with E-state index in [9.17, 15) is 4.79 Å². The molecule has 4 aromatic carbocycles. The number of rotatable bonds is 6. The van der Waals surface area contributed by atoms with E-state index in [0.29, 0.717) is 22.7 Å². The van der Waals surface area contributed by atoms with Crippen LogP contribution in [0.3, 0.4) is 0 Å². The molecule has 2 N–H and O–H groups in total. The third kappa shape index (κ3) is 6.06. The summed E-state index contributed by atoms with van der Waals surface area (Å²) in [5.41, 5.74) is 5.99. The summed E-state index contributed by atoms with van der Waals surface area (Å²) in [6, 6.07) is 38.1. The number of hydrogen-bond donors (Lipinski definition) is 2. The Labute approximate surface area is 231 Å². The van der Waals surface area contributed by atoms with Gasteiger partial charge >= 0.3 is 6.03 Å². The summed E-state index contributed by atoms with van der Waals surface area (Å²) in [5, 5.41) is 7.88. The molecule has 6 rings (SSSR count). The Morgan fingerprint density at radius 2 is 1.02 bits per heavy atom. The number of pyridine rings is 2. The Hall–Kier alpha value is -5.69. The fourth-order valence-corrected chi connectivity index (χ4v) is 4.21. The van der Waals surface area contributed by atoms with Crippen LogP contribution in [-0.4, -0.2) is 28.4 Å². The molecule has 2 amide bonds. The van der Waals surface area contributed by atoms with Crippen molar-refractivity contribution in [2.45, 2.75) is 0 Å². The third-order valence-electron chi connectivity index (χ3n) is 6.14. The monoisotopic (exact) mass is 520 g/mol. The molecule has 7 heteroatoms. The maximum absolute atomic E-state index is 12.7. The van der Waals surface area contributed by atoms with Gasteiger partial charge in [0.2, 0.25) is 0 Å². The van der Waals surface area contributed by atoms with Crippen LogP contribution in [0, 0.1) is 0 Å². The molecule has 0 aliphatic rings. The van der Waals surface area contributed by atoms with Gasteiger partial charge in [0.25, 0.3) is 0 Å². The Morgan fingerprint density at radius 3 is 1.52 bits per heavy atom. The first-order valence-corrected chi connectivity index (χ1v) is 12.8. The van der Waals surface area contributed by atoms with Gasteiger partial charge in [0, 0.05) is 22.1 Å². The van der Waals surface area contributed by atoms with Crippen LogP contribution in [0.5, 0.6) is 0 Å². The summed E-state index contributed by atoms with van der Waals surface area (Å²) < 4.78 is 0. The molecule has 0 bridgehead atoms. The fraction of sp³-hybridized carbons (Fsp3) is 0. The number of hydrogen-bond acceptors (Lipinski definition) is 5. The second kappa shape index (κ2) is 11.4. The molecule has 40 heavy (non-hydrogen) atoms. The molecule has 0 unspecified atom stereocenters. The fourth-order valence-electron chi connectivity index (χ4n) is 4.21. The Kier molecular flexibility index (Phi) is 7.00. The lowest BCUT2D eigenvalue weighted by Crippen LogP contribution is -2.19. The third-order valence-corrected chi connectivity index (χ3v) is 6.14. The lowest BCUT2D eigenvalue weighted by atomic mass is 10.2. The highest BCUT2D eigenvalue weighted by molar-refractivity contribution is 6.00. The van der Waals surface area contributed by atoms with Gasteiger partial charge < -0.3 is 10.6 Å². The number of para-hydroxylation sites is 2. The van der Waals surface area contributed by atoms with E-state index in [0.717, 1.165) is 33.2 Å². The van der Waals surface area contributed by atoms with Crippen molar-refractivity contribution in [3.05, 3.63) is 133 Å². The predicted octanol–water partition coefficient (Wildman–Crippen LogP) is 7.93. The van der Waals surface area contributed by atoms with Crippen LogP contribution in [0.15, 0.2) is 131 Å². The van der Waals surface area contributed by atoms with Crippen LogP contribution in [0.1, 0.15) is 11.4 Å². The molecule has 0 saturated carbocycles. The molecule has 0 spiro atoms. The molecule has 0 saturated heterocycles. The molecule has 6 aromatic rings. The van der Waals surface area contributed by atoms with Crippen LogP contribution >= 0.6 is 0 Å². The first-order chi connectivity index (χ1) is 19.7. The van der Waals surface area contributed by atoms with Gasteiger partial charge in [0.15, 0.2) is 0 Å². The van der Waals surface area contributed by atoms with Crippen molar-refractivity contribution in [3.8, 4) is 0 Å². The van der Waals surface area contributed by atoms with Crippen molar-refractivity contribution >= 4 is 63.0 Å². The Bertz CT molecular complexity index is 1760. The van der Waals surface area contributed by atoms with E-state index in [1.54, 1.807) is 24.6 Å². The minimum atomic E-state index is -0.366. The van der Waals surface area contributed by atoms with E-state index >= 15 is 0 Å². The number of carbonyl (C=O) groups excluding carboxylic acids is 1. The lowest BCUT2D eigenvalue weighted by molar-refractivity contribution is 0.262. The van der Waals surface area contributed by atoms with E-state index in [2.05, 4.69) is 30.6 Å². The maximum Gasteiger partial charge on any atom is 0.323 e. The molecule has 0 fully saturated rings. The zero-order chi connectivity index (χ0) is 27.1. The summed E-state index contributed by atoms with van der Waals surface area (Å²) in [4.78, 5) is 31.0. The first kappa shape index (κ1) is 24.6. The van der Waals surface area contributed by atoms with Crippen LogP contribution in [0.2, 0.25) is 0 Å². The Morgan fingerprint density at radius 1 is 0.550 bits per heavy atom. The minimum absolute atomic E-state index is 0.366. The van der Waals surface area contributed by atoms with Crippen molar-refractivity contribution in [1.82, 2.24) is 9.97 Å². The number of benzene rings is 4. The standard InChI is InChI=1S/C33H24N6O/c40-33(38-27-11-5-9-25(19-27)34-21-29-17-15-23-7-1-3-13-31(23)36-29)39-28-12-6-10-26(20-28)35-22-30-18-16-24-8-2-4-14-32(24)37-30/h1-22H,(H2,38,39,40). The van der Waals surface area contributed by atoms with Crippen molar-refractivity contribution in [3.63, 3.8) is 0 Å². The predicted molar refractivity (Wildman–Crippen MR) is 164 cm³/mol. The normalized spacial score (nSPS) is 11.4. The molecule has 0 radical (unpaired) electrons. The van der Waals surface area contributed by atoms with Crippen LogP contribution in [0.25, 0.3) is 21.8 Å². The van der Waals surface area contributed by atoms with Crippen molar-refractivity contribution in [1.29, 1.82) is 0 Å². The number of aromatic nitrogens is 2. The highest BCUT2D eigenvalue weighted by Gasteiger charge is 2.05. The molecule has 2 aromatic heterocycles. The van der Waals surface area contributed by atoms with Gasteiger partial charge in [-0.2, -0.15) is 0 Å². The maximum atomic E-state index is 12.7.